The fourth-order valence-electron chi connectivity index (χ4n) is 2.56. The van der Waals surface area contributed by atoms with Crippen molar-refractivity contribution in [1.82, 2.24) is 14.9 Å². The lowest BCUT2D eigenvalue weighted by atomic mass is 10.1. The molecule has 2 heterocycles. The highest BCUT2D eigenvalue weighted by Crippen LogP contribution is 2.21. The Morgan fingerprint density at radius 2 is 2.24 bits per heavy atom. The van der Waals surface area contributed by atoms with Crippen molar-refractivity contribution < 1.29 is 0 Å². The average molecular weight is 322 g/mol. The quantitative estimate of drug-likeness (QED) is 0.697. The molecule has 2 aromatic rings. The van der Waals surface area contributed by atoms with Crippen LogP contribution in [0.5, 0.6) is 0 Å². The normalized spacial score (nSPS) is 15.0. The summed E-state index contributed by atoms with van der Waals surface area (Å²) >= 11 is 7.67. The van der Waals surface area contributed by atoms with Crippen molar-refractivity contribution in [2.45, 2.75) is 24.7 Å². The third-order valence-electron chi connectivity index (χ3n) is 3.67. The molecule has 4 nitrogen and oxygen atoms in total. The Morgan fingerprint density at radius 1 is 1.43 bits per heavy atom. The molecule has 21 heavy (non-hydrogen) atoms. The van der Waals surface area contributed by atoms with Crippen molar-refractivity contribution >= 4 is 23.4 Å². The van der Waals surface area contributed by atoms with Crippen molar-refractivity contribution in [2.24, 2.45) is 0 Å². The fourth-order valence-corrected chi connectivity index (χ4v) is 3.15. The van der Waals surface area contributed by atoms with Gasteiger partial charge in [0.1, 0.15) is 0 Å². The summed E-state index contributed by atoms with van der Waals surface area (Å²) in [4.78, 5) is 21.7. The number of rotatable bonds is 3. The lowest BCUT2D eigenvalue weighted by Crippen LogP contribution is -2.35. The Balaban J connectivity index is 1.82. The third kappa shape index (κ3) is 3.15. The Kier molecular flexibility index (Phi) is 4.33. The molecule has 0 spiro atoms. The van der Waals surface area contributed by atoms with Crippen molar-refractivity contribution in [3.05, 3.63) is 56.5 Å². The maximum Gasteiger partial charge on any atom is 0.256 e. The summed E-state index contributed by atoms with van der Waals surface area (Å²) in [6.07, 6.45) is 2.72. The third-order valence-corrected chi connectivity index (χ3v) is 4.62. The van der Waals surface area contributed by atoms with Crippen molar-refractivity contribution in [3.63, 3.8) is 0 Å². The van der Waals surface area contributed by atoms with Crippen LogP contribution in [-0.4, -0.2) is 27.7 Å². The monoisotopic (exact) mass is 321 g/mol. The molecular weight excluding hydrogens is 306 g/mol. The molecule has 0 amide bonds. The lowest BCUT2D eigenvalue weighted by Gasteiger charge is -2.27. The van der Waals surface area contributed by atoms with Gasteiger partial charge in [0, 0.05) is 31.1 Å². The summed E-state index contributed by atoms with van der Waals surface area (Å²) < 4.78 is 0. The van der Waals surface area contributed by atoms with Gasteiger partial charge >= 0.3 is 0 Å². The minimum atomic E-state index is -0.0202. The second-order valence-electron chi connectivity index (χ2n) is 5.05. The zero-order chi connectivity index (χ0) is 14.8. The molecule has 0 radical (unpaired) electrons. The molecule has 1 aromatic heterocycles. The number of nitrogens with one attached hydrogen (secondary N) is 1. The minimum Gasteiger partial charge on any atom is -0.301 e. The van der Waals surface area contributed by atoms with Gasteiger partial charge in [0.25, 0.3) is 5.56 Å². The van der Waals surface area contributed by atoms with Crippen LogP contribution in [0.15, 0.2) is 34.2 Å². The van der Waals surface area contributed by atoms with E-state index >= 15 is 0 Å². The van der Waals surface area contributed by atoms with Crippen molar-refractivity contribution in [2.75, 3.05) is 12.8 Å². The highest BCUT2D eigenvalue weighted by Gasteiger charge is 2.21. The van der Waals surface area contributed by atoms with Crippen LogP contribution < -0.4 is 5.56 Å². The van der Waals surface area contributed by atoms with Crippen molar-refractivity contribution in [3.8, 4) is 0 Å². The number of benzene rings is 1. The number of aromatic nitrogens is 2. The second-order valence-corrected chi connectivity index (χ2v) is 6.25. The lowest BCUT2D eigenvalue weighted by molar-refractivity contribution is 0.241. The molecule has 110 valence electrons. The summed E-state index contributed by atoms with van der Waals surface area (Å²) in [5.74, 6) is 0. The maximum atomic E-state index is 12.1. The Morgan fingerprint density at radius 3 is 3.00 bits per heavy atom. The number of hydrogen-bond donors (Lipinski definition) is 1. The van der Waals surface area contributed by atoms with Gasteiger partial charge in [0.15, 0.2) is 5.16 Å². The highest BCUT2D eigenvalue weighted by atomic mass is 35.5. The van der Waals surface area contributed by atoms with Crippen LogP contribution in [-0.2, 0) is 19.5 Å². The number of fused-ring (bicyclic) bond motifs is 1. The van der Waals surface area contributed by atoms with Crippen LogP contribution in [0.1, 0.15) is 16.8 Å². The van der Waals surface area contributed by atoms with E-state index in [9.17, 15) is 4.79 Å². The predicted octanol–water partition coefficient (Wildman–Crippen LogP) is 2.70. The van der Waals surface area contributed by atoms with E-state index in [2.05, 4.69) is 14.9 Å². The topological polar surface area (TPSA) is 49.0 Å². The molecule has 0 saturated carbocycles. The standard InChI is InChI=1S/C15H16ClN3OS/c1-21-15-17-13-6-7-19(9-11(13)14(20)18-15)8-10-4-2-3-5-12(10)16/h2-5H,6-9H2,1H3,(H,17,18,20). The number of H-pyrrole nitrogens is 1. The molecule has 1 aromatic carbocycles. The second kappa shape index (κ2) is 6.22. The number of hydrogen-bond acceptors (Lipinski definition) is 4. The molecule has 0 bridgehead atoms. The van der Waals surface area contributed by atoms with E-state index in [4.69, 9.17) is 11.6 Å². The molecule has 0 fully saturated rings. The van der Waals surface area contributed by atoms with Crippen LogP contribution >= 0.6 is 23.4 Å². The number of nitrogens with zero attached hydrogens (tertiary/aromatic N) is 2. The first kappa shape index (κ1) is 14.6. The number of aromatic amines is 1. The van der Waals surface area contributed by atoms with Gasteiger partial charge in [-0.1, -0.05) is 41.6 Å². The molecule has 1 aliphatic rings. The van der Waals surface area contributed by atoms with E-state index in [1.165, 1.54) is 11.8 Å². The zero-order valence-electron chi connectivity index (χ0n) is 11.7. The van der Waals surface area contributed by atoms with Crippen molar-refractivity contribution in [1.29, 1.82) is 0 Å². The highest BCUT2D eigenvalue weighted by molar-refractivity contribution is 7.98. The van der Waals surface area contributed by atoms with Crippen LogP contribution in [0, 0.1) is 0 Å². The fraction of sp³-hybridized carbons (Fsp3) is 0.333. The van der Waals surface area contributed by atoms with Gasteiger partial charge in [-0.05, 0) is 17.9 Å². The molecule has 1 aliphatic heterocycles. The van der Waals surface area contributed by atoms with Gasteiger partial charge in [-0.15, -0.1) is 0 Å². The van der Waals surface area contributed by atoms with Crippen LogP contribution in [0.2, 0.25) is 5.02 Å². The van der Waals surface area contributed by atoms with E-state index in [0.717, 1.165) is 41.4 Å². The SMILES string of the molecule is CSc1nc2c(c(=O)[nH]1)CN(Cc1ccccc1Cl)CC2. The summed E-state index contributed by atoms with van der Waals surface area (Å²) in [7, 11) is 0. The van der Waals surface area contributed by atoms with Crippen LogP contribution in [0.25, 0.3) is 0 Å². The number of thioether (sulfide) groups is 1. The van der Waals surface area contributed by atoms with E-state index in [1.807, 2.05) is 30.5 Å². The molecule has 6 heteroatoms. The van der Waals surface area contributed by atoms with Gasteiger partial charge in [0.05, 0.1) is 11.3 Å². The summed E-state index contributed by atoms with van der Waals surface area (Å²) in [6, 6.07) is 7.83. The smallest absolute Gasteiger partial charge is 0.256 e. The summed E-state index contributed by atoms with van der Waals surface area (Å²) in [6.45, 7) is 2.27. The molecule has 0 aliphatic carbocycles. The average Bonchev–Trinajstić information content (AvgIpc) is 2.50. The molecule has 0 saturated heterocycles. The largest absolute Gasteiger partial charge is 0.301 e. The van der Waals surface area contributed by atoms with Gasteiger partial charge in [0.2, 0.25) is 0 Å². The molecule has 3 rings (SSSR count). The van der Waals surface area contributed by atoms with E-state index < -0.39 is 0 Å². The molecular formula is C15H16ClN3OS. The van der Waals surface area contributed by atoms with Crippen LogP contribution in [0.3, 0.4) is 0 Å². The Labute approximate surface area is 132 Å². The Bertz CT molecular complexity index is 716. The molecule has 0 atom stereocenters. The summed E-state index contributed by atoms with van der Waals surface area (Å²) in [5.41, 5.74) is 2.78. The molecule has 0 unspecified atom stereocenters. The van der Waals surface area contributed by atoms with E-state index in [-0.39, 0.29) is 5.56 Å². The van der Waals surface area contributed by atoms with Crippen LogP contribution in [0.4, 0.5) is 0 Å². The molecule has 1 N–H and O–H groups in total. The Hall–Kier alpha value is -1.30. The first-order chi connectivity index (χ1) is 10.2. The number of halogens is 1. The summed E-state index contributed by atoms with van der Waals surface area (Å²) in [5, 5.41) is 1.46. The van der Waals surface area contributed by atoms with Gasteiger partial charge in [-0.25, -0.2) is 4.98 Å². The maximum absolute atomic E-state index is 12.1. The van der Waals surface area contributed by atoms with Gasteiger partial charge in [-0.2, -0.15) is 0 Å². The van der Waals surface area contributed by atoms with E-state index in [1.54, 1.807) is 0 Å². The van der Waals surface area contributed by atoms with Gasteiger partial charge < -0.3 is 4.98 Å². The first-order valence-electron chi connectivity index (χ1n) is 6.79. The zero-order valence-corrected chi connectivity index (χ0v) is 13.3. The predicted molar refractivity (Wildman–Crippen MR) is 85.9 cm³/mol. The first-order valence-corrected chi connectivity index (χ1v) is 8.39. The van der Waals surface area contributed by atoms with E-state index in [0.29, 0.717) is 11.7 Å². The van der Waals surface area contributed by atoms with Gasteiger partial charge in [-0.3, -0.25) is 9.69 Å². The minimum absolute atomic E-state index is 0.0202.